The van der Waals surface area contributed by atoms with E-state index in [9.17, 15) is 4.79 Å². The molecule has 0 unspecified atom stereocenters. The monoisotopic (exact) mass is 453 g/mol. The molecule has 0 fully saturated rings. The lowest BCUT2D eigenvalue weighted by Gasteiger charge is -2.17. The number of rotatable bonds is 6. The van der Waals surface area contributed by atoms with Crippen LogP contribution >= 0.6 is 22.6 Å². The number of hydrogen-bond acceptors (Lipinski definition) is 3. The first-order chi connectivity index (χ1) is 12.0. The summed E-state index contributed by atoms with van der Waals surface area (Å²) in [7, 11) is 1.35. The van der Waals surface area contributed by atoms with Gasteiger partial charge in [-0.1, -0.05) is 26.0 Å². The number of halogens is 1. The number of carbonyl (C=O) groups excluding carboxylic acids is 1. The Kier molecular flexibility index (Phi) is 7.11. The Morgan fingerprint density at radius 3 is 2.52 bits per heavy atom. The van der Waals surface area contributed by atoms with Gasteiger partial charge in [0, 0.05) is 9.13 Å². The molecule has 0 aliphatic heterocycles. The van der Waals surface area contributed by atoms with E-state index >= 15 is 0 Å². The quantitative estimate of drug-likeness (QED) is 0.590. The van der Waals surface area contributed by atoms with Crippen molar-refractivity contribution in [2.45, 2.75) is 40.2 Å². The maximum absolute atomic E-state index is 11.6. The van der Waals surface area contributed by atoms with Crippen molar-refractivity contribution >= 4 is 34.4 Å². The smallest absolute Gasteiger partial charge is 0.411 e. The van der Waals surface area contributed by atoms with Crippen LogP contribution in [0.4, 0.5) is 10.5 Å². The molecule has 0 radical (unpaired) electrons. The number of amides is 1. The van der Waals surface area contributed by atoms with E-state index < -0.39 is 6.09 Å². The van der Waals surface area contributed by atoms with Gasteiger partial charge in [-0.3, -0.25) is 5.32 Å². The summed E-state index contributed by atoms with van der Waals surface area (Å²) in [5, 5.41) is 2.75. The van der Waals surface area contributed by atoms with Gasteiger partial charge in [-0.05, 0) is 77.2 Å². The molecular weight excluding hydrogens is 429 g/mol. The standard InChI is InChI=1S/C20H24INO3/c1-5-14-11-15(6-2)19(10-13(14)3)25-12-16-17(21)8-7-9-18(16)22-20(23)24-4/h7-11H,5-6,12H2,1-4H3,(H,22,23). The SMILES string of the molecule is CCc1cc(CC)c(OCc2c(I)cccc2NC(=O)OC)cc1C. The first-order valence-corrected chi connectivity index (χ1v) is 9.45. The van der Waals surface area contributed by atoms with Crippen molar-refractivity contribution in [1.82, 2.24) is 0 Å². The third-order valence-corrected chi connectivity index (χ3v) is 5.20. The van der Waals surface area contributed by atoms with Crippen LogP contribution in [-0.2, 0) is 24.2 Å². The predicted molar refractivity (Wildman–Crippen MR) is 109 cm³/mol. The van der Waals surface area contributed by atoms with Crippen LogP contribution in [0.1, 0.15) is 36.1 Å². The van der Waals surface area contributed by atoms with Gasteiger partial charge in [-0.2, -0.15) is 0 Å². The van der Waals surface area contributed by atoms with Crippen molar-refractivity contribution in [3.05, 3.63) is 56.2 Å². The minimum absolute atomic E-state index is 0.385. The second-order valence-corrected chi connectivity index (χ2v) is 6.93. The highest BCUT2D eigenvalue weighted by molar-refractivity contribution is 14.1. The van der Waals surface area contributed by atoms with E-state index in [0.29, 0.717) is 12.3 Å². The number of anilines is 1. The average molecular weight is 453 g/mol. The van der Waals surface area contributed by atoms with Crippen LogP contribution in [0.15, 0.2) is 30.3 Å². The fourth-order valence-electron chi connectivity index (χ4n) is 2.70. The lowest BCUT2D eigenvalue weighted by Crippen LogP contribution is -2.14. The molecule has 0 bridgehead atoms. The van der Waals surface area contributed by atoms with E-state index in [2.05, 4.69) is 60.8 Å². The molecule has 0 saturated heterocycles. The molecule has 0 heterocycles. The minimum Gasteiger partial charge on any atom is -0.488 e. The fourth-order valence-corrected chi connectivity index (χ4v) is 3.36. The molecule has 4 nitrogen and oxygen atoms in total. The number of nitrogens with one attached hydrogen (secondary N) is 1. The lowest BCUT2D eigenvalue weighted by molar-refractivity contribution is 0.187. The van der Waals surface area contributed by atoms with Crippen LogP contribution in [0.25, 0.3) is 0 Å². The zero-order valence-corrected chi connectivity index (χ0v) is 17.3. The molecule has 0 spiro atoms. The summed E-state index contributed by atoms with van der Waals surface area (Å²) >= 11 is 2.25. The van der Waals surface area contributed by atoms with Crippen LogP contribution < -0.4 is 10.1 Å². The Labute approximate surface area is 163 Å². The zero-order valence-electron chi connectivity index (χ0n) is 15.1. The minimum atomic E-state index is -0.486. The molecular formula is C20H24INO3. The van der Waals surface area contributed by atoms with E-state index in [-0.39, 0.29) is 0 Å². The number of methoxy groups -OCH3 is 1. The highest BCUT2D eigenvalue weighted by atomic mass is 127. The number of benzene rings is 2. The van der Waals surface area contributed by atoms with Crippen molar-refractivity contribution in [3.8, 4) is 5.75 Å². The summed E-state index contributed by atoms with van der Waals surface area (Å²) in [4.78, 5) is 11.6. The Hall–Kier alpha value is -1.76. The van der Waals surface area contributed by atoms with Gasteiger partial charge in [0.1, 0.15) is 12.4 Å². The third kappa shape index (κ3) is 4.87. The van der Waals surface area contributed by atoms with Crippen molar-refractivity contribution in [1.29, 1.82) is 0 Å². The van der Waals surface area contributed by atoms with Crippen LogP contribution in [0.2, 0.25) is 0 Å². The maximum atomic E-state index is 11.6. The summed E-state index contributed by atoms with van der Waals surface area (Å²) in [5.74, 6) is 0.904. The highest BCUT2D eigenvalue weighted by Crippen LogP contribution is 2.28. The molecule has 2 aromatic carbocycles. The highest BCUT2D eigenvalue weighted by Gasteiger charge is 2.13. The summed E-state index contributed by atoms with van der Waals surface area (Å²) < 4.78 is 11.9. The summed E-state index contributed by atoms with van der Waals surface area (Å²) in [6.45, 7) is 6.80. The van der Waals surface area contributed by atoms with Crippen molar-refractivity contribution in [3.63, 3.8) is 0 Å². The van der Waals surface area contributed by atoms with Gasteiger partial charge < -0.3 is 9.47 Å². The first kappa shape index (κ1) is 19.6. The number of aryl methyl sites for hydroxylation is 3. The van der Waals surface area contributed by atoms with Crippen molar-refractivity contribution in [2.75, 3.05) is 12.4 Å². The van der Waals surface area contributed by atoms with E-state index in [0.717, 1.165) is 27.7 Å². The van der Waals surface area contributed by atoms with E-state index in [1.165, 1.54) is 23.8 Å². The third-order valence-electron chi connectivity index (χ3n) is 4.19. The van der Waals surface area contributed by atoms with Gasteiger partial charge in [-0.15, -0.1) is 0 Å². The second-order valence-electron chi connectivity index (χ2n) is 5.76. The summed E-state index contributed by atoms with van der Waals surface area (Å²) in [5.41, 5.74) is 5.44. The van der Waals surface area contributed by atoms with Crippen molar-refractivity contribution in [2.24, 2.45) is 0 Å². The molecule has 0 aliphatic rings. The fraction of sp³-hybridized carbons (Fsp3) is 0.350. The van der Waals surface area contributed by atoms with Crippen LogP contribution in [0.5, 0.6) is 5.75 Å². The van der Waals surface area contributed by atoms with E-state index in [4.69, 9.17) is 9.47 Å². The van der Waals surface area contributed by atoms with Crippen LogP contribution in [0, 0.1) is 10.5 Å². The van der Waals surface area contributed by atoms with Gasteiger partial charge in [0.25, 0.3) is 0 Å². The Bertz CT molecular complexity index is 759. The Balaban J connectivity index is 2.27. The molecule has 0 saturated carbocycles. The number of carbonyl (C=O) groups is 1. The van der Waals surface area contributed by atoms with Gasteiger partial charge in [0.2, 0.25) is 0 Å². The predicted octanol–water partition coefficient (Wildman–Crippen LogP) is 5.48. The Morgan fingerprint density at radius 2 is 1.88 bits per heavy atom. The van der Waals surface area contributed by atoms with Crippen LogP contribution in [-0.4, -0.2) is 13.2 Å². The molecule has 25 heavy (non-hydrogen) atoms. The molecule has 2 rings (SSSR count). The molecule has 0 aromatic heterocycles. The number of ether oxygens (including phenoxy) is 2. The Morgan fingerprint density at radius 1 is 1.16 bits per heavy atom. The van der Waals surface area contributed by atoms with Crippen molar-refractivity contribution < 1.29 is 14.3 Å². The average Bonchev–Trinajstić information content (AvgIpc) is 2.61. The molecule has 0 aliphatic carbocycles. The topological polar surface area (TPSA) is 47.6 Å². The molecule has 0 atom stereocenters. The molecule has 134 valence electrons. The van der Waals surface area contributed by atoms with Gasteiger partial charge in [0.05, 0.1) is 12.8 Å². The first-order valence-electron chi connectivity index (χ1n) is 8.37. The largest absolute Gasteiger partial charge is 0.488 e. The maximum Gasteiger partial charge on any atom is 0.411 e. The normalized spacial score (nSPS) is 10.4. The number of hydrogen-bond donors (Lipinski definition) is 1. The van der Waals surface area contributed by atoms with Crippen LogP contribution in [0.3, 0.4) is 0 Å². The molecule has 5 heteroatoms. The van der Waals surface area contributed by atoms with Gasteiger partial charge in [-0.25, -0.2) is 4.79 Å². The van der Waals surface area contributed by atoms with E-state index in [1.54, 1.807) is 0 Å². The summed E-state index contributed by atoms with van der Waals surface area (Å²) in [6.07, 6.45) is 1.45. The van der Waals surface area contributed by atoms with Gasteiger partial charge in [0.15, 0.2) is 0 Å². The van der Waals surface area contributed by atoms with Gasteiger partial charge >= 0.3 is 6.09 Å². The van der Waals surface area contributed by atoms with E-state index in [1.807, 2.05) is 18.2 Å². The molecule has 1 N–H and O–H groups in total. The molecule has 2 aromatic rings. The zero-order chi connectivity index (χ0) is 18.4. The summed E-state index contributed by atoms with van der Waals surface area (Å²) in [6, 6.07) is 10.1. The molecule has 1 amide bonds. The lowest BCUT2D eigenvalue weighted by atomic mass is 10.0. The second kappa shape index (κ2) is 9.08.